The van der Waals surface area contributed by atoms with Crippen molar-refractivity contribution in [3.63, 3.8) is 0 Å². The highest BCUT2D eigenvalue weighted by molar-refractivity contribution is 7.98. The van der Waals surface area contributed by atoms with E-state index in [0.717, 1.165) is 27.7 Å². The summed E-state index contributed by atoms with van der Waals surface area (Å²) in [5.41, 5.74) is 2.94. The third-order valence-corrected chi connectivity index (χ3v) is 7.59. The van der Waals surface area contributed by atoms with Gasteiger partial charge in [0.2, 0.25) is 0 Å². The van der Waals surface area contributed by atoms with Gasteiger partial charge in [0.25, 0.3) is 0 Å². The number of benzene rings is 1. The minimum absolute atomic E-state index is 0.267. The molecule has 0 bridgehead atoms. The molecular formula is C23H29N3O2S2. The van der Waals surface area contributed by atoms with Crippen molar-refractivity contribution in [2.45, 2.75) is 63.3 Å². The molecule has 1 saturated carbocycles. The number of nitrogens with zero attached hydrogens (tertiary/aromatic N) is 2. The molecule has 0 saturated heterocycles. The van der Waals surface area contributed by atoms with Crippen LogP contribution in [0, 0.1) is 6.92 Å². The van der Waals surface area contributed by atoms with Crippen molar-refractivity contribution in [3.05, 3.63) is 34.8 Å². The smallest absolute Gasteiger partial charge is 0.350 e. The van der Waals surface area contributed by atoms with Crippen LogP contribution in [0.4, 0.5) is 5.82 Å². The maximum Gasteiger partial charge on any atom is 0.350 e. The van der Waals surface area contributed by atoms with E-state index in [0.29, 0.717) is 17.5 Å². The number of anilines is 1. The molecule has 0 aliphatic heterocycles. The first-order chi connectivity index (χ1) is 14.6. The first-order valence-electron chi connectivity index (χ1n) is 10.7. The lowest BCUT2D eigenvalue weighted by Crippen LogP contribution is -2.20. The number of imidazole rings is 1. The Morgan fingerprint density at radius 3 is 2.57 bits per heavy atom. The SMILES string of the molecule is CCOC(=O)c1sc2nc(-c3ccc(SC)cc3)c(NC3CCCCCC3)n2c1C. The monoisotopic (exact) mass is 443 g/mol. The molecule has 1 aromatic carbocycles. The highest BCUT2D eigenvalue weighted by Gasteiger charge is 2.25. The number of nitrogens with one attached hydrogen (secondary N) is 1. The first kappa shape index (κ1) is 21.2. The second-order valence-electron chi connectivity index (χ2n) is 7.73. The molecule has 0 amide bonds. The fourth-order valence-electron chi connectivity index (χ4n) is 4.13. The van der Waals surface area contributed by atoms with E-state index >= 15 is 0 Å². The summed E-state index contributed by atoms with van der Waals surface area (Å²) < 4.78 is 7.37. The molecule has 7 heteroatoms. The summed E-state index contributed by atoms with van der Waals surface area (Å²) in [7, 11) is 0. The minimum Gasteiger partial charge on any atom is -0.462 e. The molecule has 0 radical (unpaired) electrons. The summed E-state index contributed by atoms with van der Waals surface area (Å²) in [4.78, 5) is 20.1. The van der Waals surface area contributed by atoms with E-state index in [1.165, 1.54) is 54.8 Å². The van der Waals surface area contributed by atoms with Gasteiger partial charge < -0.3 is 10.1 Å². The number of carbonyl (C=O) groups excluding carboxylic acids is 1. The van der Waals surface area contributed by atoms with Gasteiger partial charge in [-0.15, -0.1) is 11.8 Å². The Balaban J connectivity index is 1.79. The lowest BCUT2D eigenvalue weighted by molar-refractivity contribution is 0.0531. The predicted octanol–water partition coefficient (Wildman–Crippen LogP) is 6.40. The van der Waals surface area contributed by atoms with Gasteiger partial charge in [-0.1, -0.05) is 49.2 Å². The van der Waals surface area contributed by atoms with Crippen LogP contribution < -0.4 is 5.32 Å². The van der Waals surface area contributed by atoms with Crippen molar-refractivity contribution in [3.8, 4) is 11.3 Å². The lowest BCUT2D eigenvalue weighted by Gasteiger charge is -2.18. The molecule has 2 aromatic heterocycles. The highest BCUT2D eigenvalue weighted by Crippen LogP contribution is 2.36. The van der Waals surface area contributed by atoms with Gasteiger partial charge in [0.15, 0.2) is 4.96 Å². The molecule has 1 N–H and O–H groups in total. The second kappa shape index (κ2) is 9.43. The summed E-state index contributed by atoms with van der Waals surface area (Å²) in [6, 6.07) is 8.98. The average Bonchev–Trinajstić information content (AvgIpc) is 3.13. The Morgan fingerprint density at radius 2 is 1.93 bits per heavy atom. The number of hydrogen-bond donors (Lipinski definition) is 1. The van der Waals surface area contributed by atoms with Crippen molar-refractivity contribution in [1.29, 1.82) is 0 Å². The summed E-state index contributed by atoms with van der Waals surface area (Å²) >= 11 is 3.14. The average molecular weight is 444 g/mol. The standard InChI is InChI=1S/C23H29N3O2S2/c1-4-28-22(27)20-15(2)26-21(24-17-9-7-5-6-8-10-17)19(25-23(26)30-20)16-11-13-18(29-3)14-12-16/h11-14,17,24H,4-10H2,1-3H3. The molecule has 1 aliphatic carbocycles. The van der Waals surface area contributed by atoms with Crippen molar-refractivity contribution < 1.29 is 9.53 Å². The zero-order chi connectivity index (χ0) is 21.1. The van der Waals surface area contributed by atoms with Gasteiger partial charge in [-0.3, -0.25) is 4.40 Å². The molecule has 160 valence electrons. The van der Waals surface area contributed by atoms with Crippen LogP contribution in [0.15, 0.2) is 29.2 Å². The topological polar surface area (TPSA) is 55.6 Å². The zero-order valence-electron chi connectivity index (χ0n) is 17.9. The van der Waals surface area contributed by atoms with Crippen molar-refractivity contribution >= 4 is 39.8 Å². The number of thiazole rings is 1. The molecule has 0 unspecified atom stereocenters. The highest BCUT2D eigenvalue weighted by atomic mass is 32.2. The van der Waals surface area contributed by atoms with E-state index in [4.69, 9.17) is 9.72 Å². The van der Waals surface area contributed by atoms with Gasteiger partial charge in [0.1, 0.15) is 16.4 Å². The van der Waals surface area contributed by atoms with Crippen LogP contribution in [0.3, 0.4) is 0 Å². The normalized spacial score (nSPS) is 15.3. The Hall–Kier alpha value is -1.99. The van der Waals surface area contributed by atoms with Crippen LogP contribution in [0.25, 0.3) is 16.2 Å². The number of esters is 1. The van der Waals surface area contributed by atoms with Crippen molar-refractivity contribution in [2.75, 3.05) is 18.2 Å². The van der Waals surface area contributed by atoms with Crippen molar-refractivity contribution in [1.82, 2.24) is 9.38 Å². The first-order valence-corrected chi connectivity index (χ1v) is 12.8. The fraction of sp³-hybridized carbons (Fsp3) is 0.478. The second-order valence-corrected chi connectivity index (χ2v) is 9.58. The number of carbonyl (C=O) groups is 1. The van der Waals surface area contributed by atoms with E-state index in [2.05, 4.69) is 40.2 Å². The molecular weight excluding hydrogens is 414 g/mol. The van der Waals surface area contributed by atoms with Crippen LogP contribution in [-0.2, 0) is 4.74 Å². The maximum absolute atomic E-state index is 12.4. The Bertz CT molecular complexity index is 1020. The third-order valence-electron chi connectivity index (χ3n) is 5.72. The summed E-state index contributed by atoms with van der Waals surface area (Å²) in [5, 5.41) is 3.81. The number of fused-ring (bicyclic) bond motifs is 1. The van der Waals surface area contributed by atoms with E-state index in [9.17, 15) is 4.79 Å². The summed E-state index contributed by atoms with van der Waals surface area (Å²) in [6.07, 6.45) is 9.57. The molecule has 0 spiro atoms. The number of hydrogen-bond acceptors (Lipinski definition) is 6. The fourth-order valence-corrected chi connectivity index (χ4v) is 5.56. The maximum atomic E-state index is 12.4. The lowest BCUT2D eigenvalue weighted by atomic mass is 10.1. The molecule has 30 heavy (non-hydrogen) atoms. The van der Waals surface area contributed by atoms with Gasteiger partial charge in [-0.05, 0) is 45.1 Å². The third kappa shape index (κ3) is 4.23. The largest absolute Gasteiger partial charge is 0.462 e. The van der Waals surface area contributed by atoms with E-state index in [1.54, 1.807) is 11.8 Å². The Kier molecular flexibility index (Phi) is 6.68. The Morgan fingerprint density at radius 1 is 1.23 bits per heavy atom. The number of thioether (sulfide) groups is 1. The van der Waals surface area contributed by atoms with Crippen molar-refractivity contribution in [2.24, 2.45) is 0 Å². The minimum atomic E-state index is -0.267. The number of ether oxygens (including phenoxy) is 1. The van der Waals surface area contributed by atoms with Crippen LogP contribution in [0.2, 0.25) is 0 Å². The van der Waals surface area contributed by atoms with Gasteiger partial charge >= 0.3 is 5.97 Å². The zero-order valence-corrected chi connectivity index (χ0v) is 19.5. The van der Waals surface area contributed by atoms with Gasteiger partial charge in [0, 0.05) is 22.2 Å². The van der Waals surface area contributed by atoms with Crippen LogP contribution in [-0.4, -0.2) is 34.3 Å². The van der Waals surface area contributed by atoms with E-state index < -0.39 is 0 Å². The van der Waals surface area contributed by atoms with Crippen LogP contribution in [0.1, 0.15) is 60.8 Å². The number of rotatable bonds is 6. The van der Waals surface area contributed by atoms with Gasteiger partial charge in [0.05, 0.1) is 6.61 Å². The van der Waals surface area contributed by atoms with Gasteiger partial charge in [-0.25, -0.2) is 9.78 Å². The molecule has 3 aromatic rings. The molecule has 0 atom stereocenters. The van der Waals surface area contributed by atoms with E-state index in [-0.39, 0.29) is 5.97 Å². The molecule has 1 fully saturated rings. The van der Waals surface area contributed by atoms with Crippen LogP contribution >= 0.6 is 23.1 Å². The van der Waals surface area contributed by atoms with Gasteiger partial charge in [-0.2, -0.15) is 0 Å². The predicted molar refractivity (Wildman–Crippen MR) is 126 cm³/mol. The molecule has 2 heterocycles. The quantitative estimate of drug-likeness (QED) is 0.271. The Labute approximate surface area is 186 Å². The number of aromatic nitrogens is 2. The summed E-state index contributed by atoms with van der Waals surface area (Å²) in [6.45, 7) is 4.19. The van der Waals surface area contributed by atoms with Crippen LogP contribution in [0.5, 0.6) is 0 Å². The van der Waals surface area contributed by atoms with E-state index in [1.807, 2.05) is 13.8 Å². The molecule has 5 nitrogen and oxygen atoms in total. The molecule has 1 aliphatic rings. The molecule has 4 rings (SSSR count). The number of aryl methyl sites for hydroxylation is 1. The summed E-state index contributed by atoms with van der Waals surface area (Å²) in [5.74, 6) is 0.731.